The third kappa shape index (κ3) is 6.19. The van der Waals surface area contributed by atoms with Gasteiger partial charge in [0.2, 0.25) is 11.6 Å². The highest BCUT2D eigenvalue weighted by Gasteiger charge is 2.67. The van der Waals surface area contributed by atoms with Crippen molar-refractivity contribution in [3.63, 3.8) is 0 Å². The monoisotopic (exact) mass is 672 g/mol. The standard InChI is InChI=1S/C40H64O8/c1-27(11-16-35(42)43-5)31-14-15-32-30-13-12-29-26-40(22-19-36(29,3)33(30)25-34(37(31,32)4)44-28(2)41)47-45-39(46-48-40)23-20-38(21-24-39)17-9-7-6-8-10-18-38/h27,29-34H,6-26H2,1-5H3/t27-,29-,30+,31-,32+,33+,34+,36+,37-/m1/s1. The summed E-state index contributed by atoms with van der Waals surface area (Å²) in [5.74, 6) is 0.892. The van der Waals surface area contributed by atoms with E-state index in [1.807, 2.05) is 0 Å². The molecule has 0 bridgehead atoms. The minimum absolute atomic E-state index is 0.0817. The Labute approximate surface area is 289 Å². The second-order valence-corrected chi connectivity index (χ2v) is 18.3. The van der Waals surface area contributed by atoms with E-state index >= 15 is 0 Å². The van der Waals surface area contributed by atoms with Crippen LogP contribution in [0.4, 0.5) is 0 Å². The lowest BCUT2D eigenvalue weighted by molar-refractivity contribution is -0.666. The van der Waals surface area contributed by atoms with Crippen LogP contribution in [0, 0.1) is 51.8 Å². The molecule has 0 aromatic heterocycles. The number of carbonyl (C=O) groups is 2. The molecule has 0 aromatic carbocycles. The van der Waals surface area contributed by atoms with Crippen molar-refractivity contribution >= 4 is 11.9 Å². The molecule has 8 heteroatoms. The Balaban J connectivity index is 1.02. The quantitative estimate of drug-likeness (QED) is 0.211. The van der Waals surface area contributed by atoms with Crippen LogP contribution in [0.5, 0.6) is 0 Å². The zero-order valence-corrected chi connectivity index (χ0v) is 30.7. The lowest BCUT2D eigenvalue weighted by atomic mass is 9.43. The summed E-state index contributed by atoms with van der Waals surface area (Å²) in [6.07, 6.45) is 22.7. The van der Waals surface area contributed by atoms with Gasteiger partial charge in [0.1, 0.15) is 6.10 Å². The second kappa shape index (κ2) is 13.4. The van der Waals surface area contributed by atoms with Gasteiger partial charge < -0.3 is 9.47 Å². The first kappa shape index (κ1) is 35.2. The van der Waals surface area contributed by atoms with E-state index in [-0.39, 0.29) is 28.9 Å². The summed E-state index contributed by atoms with van der Waals surface area (Å²) in [6.45, 7) is 8.77. The molecule has 6 aliphatic carbocycles. The highest BCUT2D eigenvalue weighted by molar-refractivity contribution is 5.69. The van der Waals surface area contributed by atoms with Crippen molar-refractivity contribution in [1.82, 2.24) is 0 Å². The zero-order chi connectivity index (χ0) is 33.8. The van der Waals surface area contributed by atoms with Gasteiger partial charge in [-0.25, -0.2) is 0 Å². The van der Waals surface area contributed by atoms with Gasteiger partial charge in [0.25, 0.3) is 0 Å². The topological polar surface area (TPSA) is 89.5 Å². The van der Waals surface area contributed by atoms with Crippen LogP contribution >= 0.6 is 0 Å². The molecule has 0 N–H and O–H groups in total. The summed E-state index contributed by atoms with van der Waals surface area (Å²) < 4.78 is 11.3. The van der Waals surface area contributed by atoms with Crippen molar-refractivity contribution in [2.45, 2.75) is 180 Å². The summed E-state index contributed by atoms with van der Waals surface area (Å²) in [5.41, 5.74) is 0.473. The molecule has 1 saturated heterocycles. The first-order valence-corrected chi connectivity index (χ1v) is 19.9. The van der Waals surface area contributed by atoms with Crippen LogP contribution in [-0.4, -0.2) is 36.7 Å². The van der Waals surface area contributed by atoms with Crippen LogP contribution in [-0.2, 0) is 38.6 Å². The maximum atomic E-state index is 12.6. The van der Waals surface area contributed by atoms with E-state index in [0.717, 1.165) is 70.6 Å². The molecule has 3 spiro atoms. The van der Waals surface area contributed by atoms with Gasteiger partial charge in [-0.1, -0.05) is 52.9 Å². The Kier molecular flexibility index (Phi) is 9.82. The fourth-order valence-corrected chi connectivity index (χ4v) is 13.1. The van der Waals surface area contributed by atoms with Gasteiger partial charge in [0.05, 0.1) is 7.11 Å². The van der Waals surface area contributed by atoms with Crippen molar-refractivity contribution in [3.05, 3.63) is 0 Å². The van der Waals surface area contributed by atoms with Gasteiger partial charge in [-0.2, -0.15) is 19.6 Å². The number of esters is 2. The molecule has 1 aliphatic heterocycles. The molecule has 0 aromatic rings. The van der Waals surface area contributed by atoms with Gasteiger partial charge in [-0.05, 0) is 117 Å². The van der Waals surface area contributed by atoms with E-state index in [1.165, 1.54) is 64.9 Å². The average Bonchev–Trinajstić information content (AvgIpc) is 3.43. The molecule has 272 valence electrons. The molecular weight excluding hydrogens is 608 g/mol. The molecule has 48 heavy (non-hydrogen) atoms. The van der Waals surface area contributed by atoms with E-state index < -0.39 is 11.6 Å². The van der Waals surface area contributed by atoms with Crippen LogP contribution in [0.2, 0.25) is 0 Å². The lowest BCUT2D eigenvalue weighted by Gasteiger charge is -2.63. The van der Waals surface area contributed by atoms with E-state index in [2.05, 4.69) is 20.8 Å². The number of fused-ring (bicyclic) bond motifs is 5. The average molecular weight is 673 g/mol. The molecule has 0 radical (unpaired) electrons. The Morgan fingerprint density at radius 2 is 1.42 bits per heavy atom. The molecular formula is C40H64O8. The third-order valence-corrected chi connectivity index (χ3v) is 16.0. The summed E-state index contributed by atoms with van der Waals surface area (Å²) in [6, 6.07) is 0. The van der Waals surface area contributed by atoms with Crippen molar-refractivity contribution in [2.24, 2.45) is 51.8 Å². The van der Waals surface area contributed by atoms with Crippen molar-refractivity contribution < 1.29 is 38.6 Å². The van der Waals surface area contributed by atoms with E-state index in [1.54, 1.807) is 6.92 Å². The molecule has 6 saturated carbocycles. The molecule has 7 fully saturated rings. The van der Waals surface area contributed by atoms with Crippen LogP contribution in [0.3, 0.4) is 0 Å². The van der Waals surface area contributed by atoms with Gasteiger partial charge in [0.15, 0.2) is 0 Å². The van der Waals surface area contributed by atoms with Crippen LogP contribution in [0.25, 0.3) is 0 Å². The Hall–Kier alpha value is -1.22. The molecule has 0 amide bonds. The zero-order valence-electron chi connectivity index (χ0n) is 30.7. The van der Waals surface area contributed by atoms with Crippen LogP contribution in [0.15, 0.2) is 0 Å². The summed E-state index contributed by atoms with van der Waals surface area (Å²) >= 11 is 0. The predicted molar refractivity (Wildman–Crippen MR) is 180 cm³/mol. The number of hydrogen-bond acceptors (Lipinski definition) is 8. The van der Waals surface area contributed by atoms with Crippen LogP contribution in [0.1, 0.15) is 163 Å². The smallest absolute Gasteiger partial charge is 0.305 e. The Morgan fingerprint density at radius 3 is 2.08 bits per heavy atom. The normalized spacial score (nSPS) is 42.1. The van der Waals surface area contributed by atoms with Gasteiger partial charge in [-0.15, -0.1) is 0 Å². The summed E-state index contributed by atoms with van der Waals surface area (Å²) in [7, 11) is 1.47. The first-order chi connectivity index (χ1) is 23.0. The van der Waals surface area contributed by atoms with Gasteiger partial charge in [-0.3, -0.25) is 9.59 Å². The molecule has 8 nitrogen and oxygen atoms in total. The van der Waals surface area contributed by atoms with Crippen molar-refractivity contribution in [2.75, 3.05) is 7.11 Å². The number of methoxy groups -OCH3 is 1. The SMILES string of the molecule is COC(=O)CC[C@@H](C)[C@H]1CC[C@H]2[C@@H]3CC[C@@H]4CC5(CC[C@]4(C)[C@H]3C[C@H](OC(C)=O)[C@]12C)OOC1(CCC2(CCCCCCC2)CC1)OO5. The highest BCUT2D eigenvalue weighted by Crippen LogP contribution is 2.70. The fraction of sp³-hybridized carbons (Fsp3) is 0.950. The highest BCUT2D eigenvalue weighted by atomic mass is 17.4. The number of hydrogen-bond donors (Lipinski definition) is 0. The summed E-state index contributed by atoms with van der Waals surface area (Å²) in [4.78, 5) is 49.9. The minimum atomic E-state index is -0.844. The Morgan fingerprint density at radius 1 is 0.771 bits per heavy atom. The largest absolute Gasteiger partial charge is 0.469 e. The number of ether oxygens (including phenoxy) is 2. The molecule has 0 unspecified atom stereocenters. The second-order valence-electron chi connectivity index (χ2n) is 18.3. The molecule has 1 heterocycles. The molecule has 7 rings (SSSR count). The van der Waals surface area contributed by atoms with Crippen LogP contribution < -0.4 is 0 Å². The van der Waals surface area contributed by atoms with E-state index in [4.69, 9.17) is 29.0 Å². The van der Waals surface area contributed by atoms with Gasteiger partial charge >= 0.3 is 11.9 Å². The maximum Gasteiger partial charge on any atom is 0.305 e. The number of carbonyl (C=O) groups excluding carboxylic acids is 2. The fourth-order valence-electron chi connectivity index (χ4n) is 13.1. The first-order valence-electron chi connectivity index (χ1n) is 19.9. The maximum absolute atomic E-state index is 12.6. The van der Waals surface area contributed by atoms with Crippen molar-refractivity contribution in [3.8, 4) is 0 Å². The van der Waals surface area contributed by atoms with Crippen molar-refractivity contribution in [1.29, 1.82) is 0 Å². The predicted octanol–water partition coefficient (Wildman–Crippen LogP) is 9.38. The lowest BCUT2D eigenvalue weighted by Crippen LogP contribution is -2.62. The molecule has 7 aliphatic rings. The van der Waals surface area contributed by atoms with Gasteiger partial charge in [0, 0.05) is 44.4 Å². The minimum Gasteiger partial charge on any atom is -0.469 e. The molecule has 9 atom stereocenters. The van der Waals surface area contributed by atoms with E-state index in [9.17, 15) is 9.59 Å². The number of rotatable bonds is 5. The van der Waals surface area contributed by atoms with E-state index in [0.29, 0.717) is 47.3 Å². The Bertz CT molecular complexity index is 1160. The third-order valence-electron chi connectivity index (χ3n) is 16.0. The summed E-state index contributed by atoms with van der Waals surface area (Å²) in [5, 5.41) is 0.